The van der Waals surface area contributed by atoms with E-state index in [1.165, 1.54) is 25.7 Å². The van der Waals surface area contributed by atoms with E-state index >= 15 is 0 Å². The van der Waals surface area contributed by atoms with Crippen LogP contribution in [0.25, 0.3) is 0 Å². The number of fused-ring (bicyclic) bond motifs is 1. The van der Waals surface area contributed by atoms with Crippen molar-refractivity contribution in [2.75, 3.05) is 0 Å². The van der Waals surface area contributed by atoms with Crippen molar-refractivity contribution in [1.82, 2.24) is 0 Å². The van der Waals surface area contributed by atoms with Crippen LogP contribution in [-0.4, -0.2) is 5.38 Å². The van der Waals surface area contributed by atoms with Crippen LogP contribution >= 0.6 is 11.6 Å². The largest absolute Gasteiger partial charge is 0.123 e. The molecule has 0 saturated heterocycles. The normalized spacial score (nSPS) is 52.9. The molecule has 3 atom stereocenters. The lowest BCUT2D eigenvalue weighted by Gasteiger charge is -2.31. The van der Waals surface area contributed by atoms with Gasteiger partial charge in [0.05, 0.1) is 0 Å². The van der Waals surface area contributed by atoms with Gasteiger partial charge in [0.1, 0.15) is 0 Å². The lowest BCUT2D eigenvalue weighted by molar-refractivity contribution is 0.221. The molecule has 0 N–H and O–H groups in total. The van der Waals surface area contributed by atoms with E-state index < -0.39 is 0 Å². The standard InChI is InChI=1S/C7H11Cl/c8-7-4-2-5-1-3-6(5)7/h5-7H,1-4H2. The third kappa shape index (κ3) is 0.526. The minimum absolute atomic E-state index is 0.550. The number of hydrogen-bond donors (Lipinski definition) is 0. The fourth-order valence-electron chi connectivity index (χ4n) is 2.02. The zero-order valence-electron chi connectivity index (χ0n) is 4.94. The van der Waals surface area contributed by atoms with Gasteiger partial charge >= 0.3 is 0 Å². The van der Waals surface area contributed by atoms with Crippen molar-refractivity contribution in [3.05, 3.63) is 0 Å². The molecular formula is C7H11Cl. The first-order valence-corrected chi connectivity index (χ1v) is 3.95. The highest BCUT2D eigenvalue weighted by Gasteiger charge is 2.40. The van der Waals surface area contributed by atoms with Gasteiger partial charge in [0, 0.05) is 5.38 Å². The third-order valence-corrected chi connectivity index (χ3v) is 3.30. The predicted molar refractivity (Wildman–Crippen MR) is 35.1 cm³/mol. The molecule has 2 saturated carbocycles. The minimum Gasteiger partial charge on any atom is -0.123 e. The van der Waals surface area contributed by atoms with Crippen molar-refractivity contribution >= 4 is 11.6 Å². The number of rotatable bonds is 0. The van der Waals surface area contributed by atoms with E-state index in [9.17, 15) is 0 Å². The van der Waals surface area contributed by atoms with E-state index in [4.69, 9.17) is 11.6 Å². The Morgan fingerprint density at radius 2 is 1.75 bits per heavy atom. The SMILES string of the molecule is ClC1CCC2CCC12. The smallest absolute Gasteiger partial charge is 0.0367 e. The first-order valence-electron chi connectivity index (χ1n) is 3.52. The molecule has 0 radical (unpaired) electrons. The fourth-order valence-corrected chi connectivity index (χ4v) is 2.47. The summed E-state index contributed by atoms with van der Waals surface area (Å²) in [7, 11) is 0. The molecule has 8 heavy (non-hydrogen) atoms. The summed E-state index contributed by atoms with van der Waals surface area (Å²) >= 11 is 6.01. The van der Waals surface area contributed by atoms with Crippen LogP contribution < -0.4 is 0 Å². The molecule has 2 rings (SSSR count). The van der Waals surface area contributed by atoms with Gasteiger partial charge in [-0.15, -0.1) is 11.6 Å². The van der Waals surface area contributed by atoms with Gasteiger partial charge in [0.2, 0.25) is 0 Å². The Morgan fingerprint density at radius 3 is 2.00 bits per heavy atom. The molecule has 46 valence electrons. The predicted octanol–water partition coefficient (Wildman–Crippen LogP) is 2.41. The zero-order valence-corrected chi connectivity index (χ0v) is 5.69. The second kappa shape index (κ2) is 1.63. The highest BCUT2D eigenvalue weighted by molar-refractivity contribution is 6.21. The maximum absolute atomic E-state index is 6.01. The molecule has 0 aromatic rings. The number of halogens is 1. The average molecular weight is 131 g/mol. The number of alkyl halides is 1. The van der Waals surface area contributed by atoms with Crippen LogP contribution in [0, 0.1) is 11.8 Å². The summed E-state index contributed by atoms with van der Waals surface area (Å²) in [6, 6.07) is 0. The quantitative estimate of drug-likeness (QED) is 0.442. The molecule has 0 aromatic carbocycles. The zero-order chi connectivity index (χ0) is 5.56. The Morgan fingerprint density at radius 1 is 1.00 bits per heavy atom. The van der Waals surface area contributed by atoms with E-state index in [1.807, 2.05) is 0 Å². The van der Waals surface area contributed by atoms with Crippen LogP contribution in [0.4, 0.5) is 0 Å². The topological polar surface area (TPSA) is 0 Å². The first kappa shape index (κ1) is 5.10. The van der Waals surface area contributed by atoms with Crippen LogP contribution in [0.2, 0.25) is 0 Å². The van der Waals surface area contributed by atoms with Gasteiger partial charge in [-0.2, -0.15) is 0 Å². The van der Waals surface area contributed by atoms with Gasteiger partial charge in [0.15, 0.2) is 0 Å². The summed E-state index contributed by atoms with van der Waals surface area (Å²) in [4.78, 5) is 0. The Balaban J connectivity index is 2.05. The molecule has 0 bridgehead atoms. The van der Waals surface area contributed by atoms with Crippen LogP contribution in [0.5, 0.6) is 0 Å². The Hall–Kier alpha value is 0.290. The van der Waals surface area contributed by atoms with Crippen molar-refractivity contribution in [2.45, 2.75) is 31.1 Å². The van der Waals surface area contributed by atoms with E-state index in [0.29, 0.717) is 5.38 Å². The summed E-state index contributed by atoms with van der Waals surface area (Å²) < 4.78 is 0. The van der Waals surface area contributed by atoms with Crippen molar-refractivity contribution in [3.8, 4) is 0 Å². The van der Waals surface area contributed by atoms with Crippen molar-refractivity contribution in [2.24, 2.45) is 11.8 Å². The fraction of sp³-hybridized carbons (Fsp3) is 1.00. The lowest BCUT2D eigenvalue weighted by atomic mass is 9.76. The van der Waals surface area contributed by atoms with Gasteiger partial charge in [-0.3, -0.25) is 0 Å². The average Bonchev–Trinajstić information content (AvgIpc) is 1.80. The van der Waals surface area contributed by atoms with Gasteiger partial charge in [0.25, 0.3) is 0 Å². The van der Waals surface area contributed by atoms with Crippen LogP contribution in [0.1, 0.15) is 25.7 Å². The molecule has 0 heterocycles. The summed E-state index contributed by atoms with van der Waals surface area (Å²) in [5.74, 6) is 1.97. The molecule has 1 heteroatoms. The second-order valence-electron chi connectivity index (χ2n) is 3.09. The molecule has 0 amide bonds. The van der Waals surface area contributed by atoms with Crippen LogP contribution in [-0.2, 0) is 0 Å². The molecule has 3 unspecified atom stereocenters. The molecule has 0 nitrogen and oxygen atoms in total. The summed E-state index contributed by atoms with van der Waals surface area (Å²) in [5, 5.41) is 0.550. The Labute approximate surface area is 55.2 Å². The molecule has 2 aliphatic rings. The van der Waals surface area contributed by atoms with Gasteiger partial charge in [-0.25, -0.2) is 0 Å². The molecule has 2 aliphatic carbocycles. The molecular weight excluding hydrogens is 120 g/mol. The number of hydrogen-bond acceptors (Lipinski definition) is 0. The molecule has 0 aliphatic heterocycles. The molecule has 2 fully saturated rings. The van der Waals surface area contributed by atoms with Crippen molar-refractivity contribution in [3.63, 3.8) is 0 Å². The van der Waals surface area contributed by atoms with E-state index in [0.717, 1.165) is 11.8 Å². The molecule has 0 spiro atoms. The van der Waals surface area contributed by atoms with Crippen LogP contribution in [0.15, 0.2) is 0 Å². The maximum atomic E-state index is 6.01. The van der Waals surface area contributed by atoms with E-state index in [1.54, 1.807) is 0 Å². The summed E-state index contributed by atoms with van der Waals surface area (Å²) in [6.45, 7) is 0. The van der Waals surface area contributed by atoms with E-state index in [2.05, 4.69) is 0 Å². The van der Waals surface area contributed by atoms with Crippen LogP contribution in [0.3, 0.4) is 0 Å². The van der Waals surface area contributed by atoms with Crippen molar-refractivity contribution in [1.29, 1.82) is 0 Å². The monoisotopic (exact) mass is 130 g/mol. The van der Waals surface area contributed by atoms with E-state index in [-0.39, 0.29) is 0 Å². The van der Waals surface area contributed by atoms with Gasteiger partial charge in [-0.05, 0) is 37.5 Å². The lowest BCUT2D eigenvalue weighted by Crippen LogP contribution is -2.24. The summed E-state index contributed by atoms with van der Waals surface area (Å²) in [5.41, 5.74) is 0. The third-order valence-electron chi connectivity index (χ3n) is 2.75. The van der Waals surface area contributed by atoms with Gasteiger partial charge < -0.3 is 0 Å². The van der Waals surface area contributed by atoms with Crippen molar-refractivity contribution < 1.29 is 0 Å². The first-order chi connectivity index (χ1) is 3.88. The highest BCUT2D eigenvalue weighted by atomic mass is 35.5. The maximum Gasteiger partial charge on any atom is 0.0367 e. The van der Waals surface area contributed by atoms with Gasteiger partial charge in [-0.1, -0.05) is 0 Å². The Bertz CT molecular complexity index is 94.6. The second-order valence-corrected chi connectivity index (χ2v) is 3.66. The minimum atomic E-state index is 0.550. The summed E-state index contributed by atoms with van der Waals surface area (Å²) in [6.07, 6.45) is 5.59. The molecule has 0 aromatic heterocycles. The Kier molecular flexibility index (Phi) is 1.04. The highest BCUT2D eigenvalue weighted by Crippen LogP contribution is 2.48.